The maximum atomic E-state index is 12.5. The van der Waals surface area contributed by atoms with Gasteiger partial charge in [0.2, 0.25) is 5.91 Å². The Morgan fingerprint density at radius 1 is 0.370 bits per heavy atom. The third-order valence-electron chi connectivity index (χ3n) is 15.5. The van der Waals surface area contributed by atoms with Crippen LogP contribution in [0.25, 0.3) is 0 Å². The first-order valence-electron chi connectivity index (χ1n) is 33.1. The van der Waals surface area contributed by atoms with Crippen molar-refractivity contribution in [1.29, 1.82) is 0 Å². The van der Waals surface area contributed by atoms with E-state index in [0.717, 1.165) is 44.9 Å². The van der Waals surface area contributed by atoms with Crippen LogP contribution in [0, 0.1) is 0 Å². The molecule has 0 fully saturated rings. The predicted molar refractivity (Wildman–Crippen MR) is 320 cm³/mol. The number of carbonyl (C=O) groups is 2. The lowest BCUT2D eigenvalue weighted by Gasteiger charge is -2.22. The highest BCUT2D eigenvalue weighted by atomic mass is 16.5. The quantitative estimate of drug-likeness (QED) is 0.0320. The van der Waals surface area contributed by atoms with Gasteiger partial charge in [-0.25, -0.2) is 0 Å². The summed E-state index contributed by atoms with van der Waals surface area (Å²) in [6, 6.07) is -0.544. The van der Waals surface area contributed by atoms with Gasteiger partial charge >= 0.3 is 5.97 Å². The van der Waals surface area contributed by atoms with Crippen molar-refractivity contribution in [1.82, 2.24) is 5.32 Å². The summed E-state index contributed by atoms with van der Waals surface area (Å²) in [6.07, 6.45) is 77.7. The lowest BCUT2D eigenvalue weighted by molar-refractivity contribution is -0.143. The number of aliphatic hydroxyl groups excluding tert-OH is 2. The van der Waals surface area contributed by atoms with Crippen LogP contribution in [-0.4, -0.2) is 47.4 Å². The van der Waals surface area contributed by atoms with Gasteiger partial charge in [-0.15, -0.1) is 0 Å². The lowest BCUT2D eigenvalue weighted by Crippen LogP contribution is -2.45. The molecule has 0 heterocycles. The van der Waals surface area contributed by atoms with Crippen molar-refractivity contribution in [3.05, 3.63) is 24.3 Å². The van der Waals surface area contributed by atoms with E-state index < -0.39 is 12.1 Å². The molecule has 0 aliphatic rings. The van der Waals surface area contributed by atoms with E-state index in [1.54, 1.807) is 0 Å². The number of hydrogen-bond donors (Lipinski definition) is 3. The Kier molecular flexibility index (Phi) is 61.4. The van der Waals surface area contributed by atoms with E-state index in [-0.39, 0.29) is 18.5 Å². The van der Waals surface area contributed by atoms with Crippen molar-refractivity contribution in [2.75, 3.05) is 13.2 Å². The average Bonchev–Trinajstić information content (AvgIpc) is 3.39. The maximum absolute atomic E-state index is 12.5. The number of nitrogens with one attached hydrogen (secondary N) is 1. The molecule has 0 aromatic carbocycles. The van der Waals surface area contributed by atoms with E-state index in [1.807, 2.05) is 0 Å². The number of carbonyl (C=O) groups excluding carboxylic acids is 2. The zero-order valence-electron chi connectivity index (χ0n) is 49.4. The summed E-state index contributed by atoms with van der Waals surface area (Å²) in [5.74, 6) is -0.0294. The SMILES string of the molecule is CCCCCCCC/C=C\CCCCCCCC(=O)OCCCCCCCCCCCCCC/C=C\CCCCCCCCCCCC(=O)NC(CO)C(O)CCCCCCCCCCCCCCCCCC. The van der Waals surface area contributed by atoms with Gasteiger partial charge in [0.25, 0.3) is 0 Å². The molecule has 6 heteroatoms. The summed E-state index contributed by atoms with van der Waals surface area (Å²) in [7, 11) is 0. The normalized spacial score (nSPS) is 12.7. The van der Waals surface area contributed by atoms with Crippen molar-refractivity contribution in [2.24, 2.45) is 0 Å². The summed E-state index contributed by atoms with van der Waals surface area (Å²) < 4.78 is 5.49. The third kappa shape index (κ3) is 59.4. The van der Waals surface area contributed by atoms with Crippen molar-refractivity contribution in [3.8, 4) is 0 Å². The van der Waals surface area contributed by atoms with Crippen LogP contribution in [0.2, 0.25) is 0 Å². The van der Waals surface area contributed by atoms with Crippen LogP contribution >= 0.6 is 0 Å². The number of hydrogen-bond acceptors (Lipinski definition) is 5. The second-order valence-electron chi connectivity index (χ2n) is 22.8. The number of allylic oxidation sites excluding steroid dienone is 4. The minimum Gasteiger partial charge on any atom is -0.466 e. The monoisotopic (exact) mass is 1030 g/mol. The molecule has 0 spiro atoms. The van der Waals surface area contributed by atoms with Crippen LogP contribution in [0.4, 0.5) is 0 Å². The second kappa shape index (κ2) is 62.9. The Morgan fingerprint density at radius 3 is 0.973 bits per heavy atom. The standard InChI is InChI=1S/C67H129NO5/c1-3-5-7-9-11-13-15-17-19-32-35-39-43-47-51-55-59-65(70)64(63-69)68-66(71)60-56-52-48-44-40-36-33-29-27-25-23-21-20-22-24-26-28-30-34-38-42-46-50-54-58-62-73-67(72)61-57-53-49-45-41-37-31-18-16-14-12-10-8-6-4-2/h18,21,23,31,64-65,69-70H,3-17,19-20,22,24-30,32-63H2,1-2H3,(H,68,71)/b23-21-,31-18-. The van der Waals surface area contributed by atoms with E-state index in [2.05, 4.69) is 43.5 Å². The molecule has 0 aliphatic heterocycles. The number of ether oxygens (including phenoxy) is 1. The molecule has 0 saturated carbocycles. The zero-order valence-corrected chi connectivity index (χ0v) is 49.4. The van der Waals surface area contributed by atoms with Gasteiger partial charge in [0.15, 0.2) is 0 Å². The van der Waals surface area contributed by atoms with Gasteiger partial charge in [-0.3, -0.25) is 9.59 Å². The number of amides is 1. The minimum atomic E-state index is -0.666. The Balaban J connectivity index is 3.39. The molecular weight excluding hydrogens is 899 g/mol. The minimum absolute atomic E-state index is 0.00608. The number of esters is 1. The molecule has 2 unspecified atom stereocenters. The van der Waals surface area contributed by atoms with Crippen LogP contribution in [0.1, 0.15) is 367 Å². The summed E-state index contributed by atoms with van der Waals surface area (Å²) in [5, 5.41) is 23.3. The molecule has 2 atom stereocenters. The largest absolute Gasteiger partial charge is 0.466 e. The molecule has 73 heavy (non-hydrogen) atoms. The van der Waals surface area contributed by atoms with E-state index in [9.17, 15) is 19.8 Å². The Hall–Kier alpha value is -1.66. The molecule has 0 radical (unpaired) electrons. The van der Waals surface area contributed by atoms with Gasteiger partial charge in [0.1, 0.15) is 0 Å². The first-order chi connectivity index (χ1) is 36.0. The van der Waals surface area contributed by atoms with Crippen LogP contribution in [0.3, 0.4) is 0 Å². The van der Waals surface area contributed by atoms with Gasteiger partial charge in [-0.2, -0.15) is 0 Å². The highest BCUT2D eigenvalue weighted by Crippen LogP contribution is 2.18. The summed E-state index contributed by atoms with van der Waals surface area (Å²) >= 11 is 0. The van der Waals surface area contributed by atoms with Crippen molar-refractivity contribution in [2.45, 2.75) is 379 Å². The van der Waals surface area contributed by atoms with Gasteiger partial charge in [-0.1, -0.05) is 301 Å². The molecule has 0 aromatic rings. The lowest BCUT2D eigenvalue weighted by atomic mass is 10.0. The third-order valence-corrected chi connectivity index (χ3v) is 15.5. The van der Waals surface area contributed by atoms with Gasteiger partial charge in [0, 0.05) is 12.8 Å². The molecule has 3 N–H and O–H groups in total. The topological polar surface area (TPSA) is 95.9 Å². The first kappa shape index (κ1) is 71.3. The van der Waals surface area contributed by atoms with Gasteiger partial charge in [-0.05, 0) is 77.0 Å². The first-order valence-corrected chi connectivity index (χ1v) is 33.1. The fourth-order valence-corrected chi connectivity index (χ4v) is 10.4. The summed E-state index contributed by atoms with van der Waals surface area (Å²) in [6.45, 7) is 4.97. The van der Waals surface area contributed by atoms with E-state index >= 15 is 0 Å². The molecule has 0 rings (SSSR count). The molecule has 0 aromatic heterocycles. The number of rotatable bonds is 62. The number of unbranched alkanes of at least 4 members (excludes halogenated alkanes) is 47. The molecule has 0 saturated heterocycles. The van der Waals surface area contributed by atoms with Gasteiger partial charge in [0.05, 0.1) is 25.4 Å². The average molecular weight is 1030 g/mol. The highest BCUT2D eigenvalue weighted by Gasteiger charge is 2.20. The highest BCUT2D eigenvalue weighted by molar-refractivity contribution is 5.76. The maximum Gasteiger partial charge on any atom is 0.305 e. The summed E-state index contributed by atoms with van der Waals surface area (Å²) in [5.41, 5.74) is 0. The van der Waals surface area contributed by atoms with Crippen LogP contribution < -0.4 is 5.32 Å². The zero-order chi connectivity index (χ0) is 52.9. The molecule has 0 aliphatic carbocycles. The van der Waals surface area contributed by atoms with E-state index in [4.69, 9.17) is 4.74 Å². The van der Waals surface area contributed by atoms with Crippen molar-refractivity contribution in [3.63, 3.8) is 0 Å². The Bertz CT molecular complexity index is 1140. The van der Waals surface area contributed by atoms with Gasteiger partial charge < -0.3 is 20.3 Å². The molecule has 0 bridgehead atoms. The fourth-order valence-electron chi connectivity index (χ4n) is 10.4. The van der Waals surface area contributed by atoms with Crippen molar-refractivity contribution < 1.29 is 24.5 Å². The fraction of sp³-hybridized carbons (Fsp3) is 0.910. The van der Waals surface area contributed by atoms with Crippen LogP contribution in [-0.2, 0) is 14.3 Å². The van der Waals surface area contributed by atoms with Crippen LogP contribution in [0.15, 0.2) is 24.3 Å². The Morgan fingerprint density at radius 2 is 0.644 bits per heavy atom. The van der Waals surface area contributed by atoms with Crippen LogP contribution in [0.5, 0.6) is 0 Å². The molecule has 1 amide bonds. The van der Waals surface area contributed by atoms with E-state index in [1.165, 1.54) is 289 Å². The molecule has 432 valence electrons. The predicted octanol–water partition coefficient (Wildman–Crippen LogP) is 21.0. The Labute approximate surface area is 456 Å². The van der Waals surface area contributed by atoms with E-state index in [0.29, 0.717) is 25.9 Å². The number of aliphatic hydroxyl groups is 2. The molecular formula is C67H129NO5. The van der Waals surface area contributed by atoms with Crippen molar-refractivity contribution >= 4 is 11.9 Å². The second-order valence-corrected chi connectivity index (χ2v) is 22.8. The molecule has 6 nitrogen and oxygen atoms in total. The summed E-state index contributed by atoms with van der Waals surface area (Å²) in [4.78, 5) is 24.6. The smallest absolute Gasteiger partial charge is 0.305 e.